The Kier molecular flexibility index (Phi) is 4.72. The number of thiocarbonyl (C=S) groups is 1. The number of halogens is 1. The zero-order chi connectivity index (χ0) is 15.4. The molecule has 0 saturated carbocycles. The van der Waals surface area contributed by atoms with E-state index in [-0.39, 0.29) is 10.8 Å². The molecule has 0 aliphatic heterocycles. The second kappa shape index (κ2) is 6.51. The molecule has 0 atom stereocenters. The highest BCUT2D eigenvalue weighted by molar-refractivity contribution is 7.80. The van der Waals surface area contributed by atoms with Gasteiger partial charge in [-0.3, -0.25) is 10.1 Å². The molecule has 0 heterocycles. The van der Waals surface area contributed by atoms with Gasteiger partial charge in [0.1, 0.15) is 5.69 Å². The van der Waals surface area contributed by atoms with Crippen LogP contribution in [0.5, 0.6) is 0 Å². The van der Waals surface area contributed by atoms with Crippen LogP contribution in [0.2, 0.25) is 5.02 Å². The van der Waals surface area contributed by atoms with Crippen molar-refractivity contribution in [3.8, 4) is 0 Å². The number of nitro groups is 1. The van der Waals surface area contributed by atoms with E-state index in [9.17, 15) is 10.1 Å². The number of anilines is 2. The number of hydrogen-bond acceptors (Lipinski definition) is 3. The van der Waals surface area contributed by atoms with E-state index in [0.29, 0.717) is 16.4 Å². The van der Waals surface area contributed by atoms with Gasteiger partial charge in [-0.25, -0.2) is 0 Å². The zero-order valence-corrected chi connectivity index (χ0v) is 12.7. The van der Waals surface area contributed by atoms with Crippen LogP contribution >= 0.6 is 23.8 Å². The van der Waals surface area contributed by atoms with Crippen LogP contribution < -0.4 is 10.6 Å². The smallest absolute Gasteiger partial charge is 0.292 e. The van der Waals surface area contributed by atoms with Crippen molar-refractivity contribution >= 4 is 46.0 Å². The summed E-state index contributed by atoms with van der Waals surface area (Å²) in [5.74, 6) is 0. The first-order valence-electron chi connectivity index (χ1n) is 6.05. The summed E-state index contributed by atoms with van der Waals surface area (Å²) >= 11 is 11.2. The summed E-state index contributed by atoms with van der Waals surface area (Å²) in [5, 5.41) is 17.5. The van der Waals surface area contributed by atoms with Crippen LogP contribution in [0.4, 0.5) is 17.1 Å². The first kappa shape index (κ1) is 15.2. The first-order valence-corrected chi connectivity index (χ1v) is 6.83. The molecular formula is C14H12ClN3O2S. The topological polar surface area (TPSA) is 67.2 Å². The summed E-state index contributed by atoms with van der Waals surface area (Å²) < 4.78 is 0. The predicted octanol–water partition coefficient (Wildman–Crippen LogP) is 4.37. The van der Waals surface area contributed by atoms with Gasteiger partial charge in [0.2, 0.25) is 0 Å². The monoisotopic (exact) mass is 321 g/mol. The molecule has 0 aromatic heterocycles. The first-order chi connectivity index (χ1) is 9.97. The van der Waals surface area contributed by atoms with Crippen molar-refractivity contribution in [1.29, 1.82) is 0 Å². The maximum atomic E-state index is 11.0. The van der Waals surface area contributed by atoms with Crippen molar-refractivity contribution in [2.75, 3.05) is 10.6 Å². The lowest BCUT2D eigenvalue weighted by atomic mass is 10.2. The highest BCUT2D eigenvalue weighted by atomic mass is 35.5. The van der Waals surface area contributed by atoms with Gasteiger partial charge in [-0.15, -0.1) is 0 Å². The van der Waals surface area contributed by atoms with Crippen LogP contribution in [-0.2, 0) is 0 Å². The highest BCUT2D eigenvalue weighted by Gasteiger charge is 2.14. The summed E-state index contributed by atoms with van der Waals surface area (Å²) in [6.45, 7) is 1.79. The van der Waals surface area contributed by atoms with Crippen LogP contribution in [0.1, 0.15) is 5.56 Å². The Bertz CT molecular complexity index is 706. The van der Waals surface area contributed by atoms with E-state index >= 15 is 0 Å². The number of nitrogens with one attached hydrogen (secondary N) is 2. The minimum absolute atomic E-state index is 0.0293. The van der Waals surface area contributed by atoms with Gasteiger partial charge in [-0.2, -0.15) is 0 Å². The van der Waals surface area contributed by atoms with Crippen molar-refractivity contribution in [2.45, 2.75) is 6.92 Å². The third-order valence-corrected chi connectivity index (χ3v) is 3.25. The number of benzene rings is 2. The summed E-state index contributed by atoms with van der Waals surface area (Å²) in [7, 11) is 0. The third kappa shape index (κ3) is 3.90. The Morgan fingerprint density at radius 1 is 1.19 bits per heavy atom. The quantitative estimate of drug-likeness (QED) is 0.499. The number of aryl methyl sites for hydroxylation is 1. The molecule has 0 amide bonds. The molecule has 0 aliphatic rings. The van der Waals surface area contributed by atoms with E-state index in [1.807, 2.05) is 6.07 Å². The number of hydrogen-bond donors (Lipinski definition) is 2. The molecule has 21 heavy (non-hydrogen) atoms. The van der Waals surface area contributed by atoms with Crippen LogP contribution in [0, 0.1) is 17.0 Å². The molecule has 0 bridgehead atoms. The Morgan fingerprint density at radius 2 is 1.86 bits per heavy atom. The molecule has 7 heteroatoms. The minimum Gasteiger partial charge on any atom is -0.331 e. The lowest BCUT2D eigenvalue weighted by Crippen LogP contribution is -2.20. The largest absolute Gasteiger partial charge is 0.331 e. The normalized spacial score (nSPS) is 10.0. The van der Waals surface area contributed by atoms with Gasteiger partial charge < -0.3 is 10.6 Å². The Labute approximate surface area is 132 Å². The standard InChI is InChI=1S/C14H12ClN3O2S/c1-9-6-7-12(13(8-9)18(19)20)17-14(21)16-11-5-3-2-4-10(11)15/h2-8H,1H3,(H2,16,17,21). The lowest BCUT2D eigenvalue weighted by molar-refractivity contribution is -0.383. The van der Waals surface area contributed by atoms with E-state index in [1.165, 1.54) is 6.07 Å². The lowest BCUT2D eigenvalue weighted by Gasteiger charge is -2.12. The van der Waals surface area contributed by atoms with E-state index < -0.39 is 4.92 Å². The molecule has 0 aliphatic carbocycles. The second-order valence-corrected chi connectivity index (χ2v) is 5.15. The van der Waals surface area contributed by atoms with Gasteiger partial charge in [0.25, 0.3) is 5.69 Å². The van der Waals surface area contributed by atoms with Gasteiger partial charge in [0, 0.05) is 6.07 Å². The maximum Gasteiger partial charge on any atom is 0.292 e. The van der Waals surface area contributed by atoms with Crippen LogP contribution in [-0.4, -0.2) is 10.0 Å². The fourth-order valence-electron chi connectivity index (χ4n) is 1.74. The predicted molar refractivity (Wildman–Crippen MR) is 89.1 cm³/mol. The van der Waals surface area contributed by atoms with E-state index in [0.717, 1.165) is 5.56 Å². The summed E-state index contributed by atoms with van der Waals surface area (Å²) in [6.07, 6.45) is 0. The molecule has 0 fully saturated rings. The van der Waals surface area contributed by atoms with Gasteiger partial charge in [-0.05, 0) is 42.9 Å². The molecule has 2 aromatic carbocycles. The average Bonchev–Trinajstić information content (AvgIpc) is 2.43. The molecule has 108 valence electrons. The van der Waals surface area contributed by atoms with Crippen molar-refractivity contribution in [3.05, 3.63) is 63.2 Å². The summed E-state index contributed by atoms with van der Waals surface area (Å²) in [6, 6.07) is 12.0. The number of rotatable bonds is 3. The SMILES string of the molecule is Cc1ccc(NC(=S)Nc2ccccc2Cl)c([N+](=O)[O-])c1. The Balaban J connectivity index is 2.17. The van der Waals surface area contributed by atoms with E-state index in [1.54, 1.807) is 37.3 Å². The van der Waals surface area contributed by atoms with Crippen molar-refractivity contribution in [1.82, 2.24) is 0 Å². The summed E-state index contributed by atoms with van der Waals surface area (Å²) in [5.41, 5.74) is 1.73. The van der Waals surface area contributed by atoms with Gasteiger partial charge in [0.15, 0.2) is 5.11 Å². The number of para-hydroxylation sites is 1. The molecule has 5 nitrogen and oxygen atoms in total. The molecular weight excluding hydrogens is 310 g/mol. The van der Waals surface area contributed by atoms with Crippen LogP contribution in [0.3, 0.4) is 0 Å². The van der Waals surface area contributed by atoms with Gasteiger partial charge in [-0.1, -0.05) is 29.8 Å². The minimum atomic E-state index is -0.451. The third-order valence-electron chi connectivity index (χ3n) is 2.72. The average molecular weight is 322 g/mol. The van der Waals surface area contributed by atoms with Crippen molar-refractivity contribution < 1.29 is 4.92 Å². The van der Waals surface area contributed by atoms with Gasteiger partial charge in [0.05, 0.1) is 15.6 Å². The molecule has 0 saturated heterocycles. The van der Waals surface area contributed by atoms with Crippen LogP contribution in [0.25, 0.3) is 0 Å². The molecule has 0 spiro atoms. The van der Waals surface area contributed by atoms with Crippen molar-refractivity contribution in [3.63, 3.8) is 0 Å². The number of nitro benzene ring substituents is 1. The van der Waals surface area contributed by atoms with Crippen LogP contribution in [0.15, 0.2) is 42.5 Å². The van der Waals surface area contributed by atoms with E-state index in [4.69, 9.17) is 23.8 Å². The number of nitrogens with zero attached hydrogens (tertiary/aromatic N) is 1. The molecule has 0 unspecified atom stereocenters. The molecule has 2 N–H and O–H groups in total. The molecule has 0 radical (unpaired) electrons. The zero-order valence-electron chi connectivity index (χ0n) is 11.1. The van der Waals surface area contributed by atoms with E-state index in [2.05, 4.69) is 10.6 Å². The molecule has 2 aromatic rings. The fraction of sp³-hybridized carbons (Fsp3) is 0.0714. The fourth-order valence-corrected chi connectivity index (χ4v) is 2.14. The highest BCUT2D eigenvalue weighted by Crippen LogP contribution is 2.26. The summed E-state index contributed by atoms with van der Waals surface area (Å²) in [4.78, 5) is 10.6. The Morgan fingerprint density at radius 3 is 2.52 bits per heavy atom. The van der Waals surface area contributed by atoms with Crippen molar-refractivity contribution in [2.24, 2.45) is 0 Å². The second-order valence-electron chi connectivity index (χ2n) is 4.34. The maximum absolute atomic E-state index is 11.0. The Hall–Kier alpha value is -2.18. The molecule has 2 rings (SSSR count). The van der Waals surface area contributed by atoms with Gasteiger partial charge >= 0.3 is 0 Å².